The molecule has 6 unspecified atom stereocenters. The van der Waals surface area contributed by atoms with Crippen molar-refractivity contribution in [1.82, 2.24) is 4.90 Å². The molecule has 11 nitrogen and oxygen atoms in total. The summed E-state index contributed by atoms with van der Waals surface area (Å²) in [5.41, 5.74) is 0.245. The number of rotatable bonds is 5. The summed E-state index contributed by atoms with van der Waals surface area (Å²) >= 11 is 6.36. The molecule has 1 N–H and O–H groups in total. The first-order valence-corrected chi connectivity index (χ1v) is 15.8. The topological polar surface area (TPSA) is 140 Å². The molecule has 246 valence electrons. The van der Waals surface area contributed by atoms with E-state index in [1.165, 1.54) is 26.4 Å². The average Bonchev–Trinajstić information content (AvgIpc) is 3.48. The van der Waals surface area contributed by atoms with Gasteiger partial charge in [0.2, 0.25) is 23.6 Å². The van der Waals surface area contributed by atoms with Gasteiger partial charge in [0, 0.05) is 28.6 Å². The number of hydrogen-bond acceptors (Lipinski definition) is 9. The second-order valence-electron chi connectivity index (χ2n) is 12.3. The quantitative estimate of drug-likeness (QED) is 0.294. The lowest BCUT2D eigenvalue weighted by molar-refractivity contribution is -0.138. The molecule has 2 saturated heterocycles. The van der Waals surface area contributed by atoms with Gasteiger partial charge >= 0.3 is 6.09 Å². The van der Waals surface area contributed by atoms with Crippen LogP contribution in [0.1, 0.15) is 29.9 Å². The number of likely N-dealkylation sites (tertiary alicyclic amines) is 1. The molecule has 12 heteroatoms. The number of anilines is 1. The summed E-state index contributed by atoms with van der Waals surface area (Å²) in [6.07, 6.45) is 0.892. The fraction of sp³-hybridized carbons (Fsp3) is 0.306. The molecule has 1 saturated carbocycles. The van der Waals surface area contributed by atoms with E-state index >= 15 is 4.79 Å². The van der Waals surface area contributed by atoms with Crippen LogP contribution < -0.4 is 14.4 Å². The number of nitrogens with zero attached hydrogens (tertiary/aromatic N) is 2. The maximum Gasteiger partial charge on any atom is 0.423 e. The number of benzene rings is 3. The summed E-state index contributed by atoms with van der Waals surface area (Å²) in [5.74, 6) is -6.79. The Bertz CT molecular complexity index is 1900. The highest BCUT2D eigenvalue weighted by Gasteiger charge is 2.71. The minimum absolute atomic E-state index is 0.0246. The van der Waals surface area contributed by atoms with Crippen LogP contribution in [0.3, 0.4) is 0 Å². The number of halogens is 1. The normalized spacial score (nSPS) is 27.7. The van der Waals surface area contributed by atoms with E-state index < -0.39 is 64.7 Å². The first kappa shape index (κ1) is 31.4. The molecule has 0 bridgehead atoms. The summed E-state index contributed by atoms with van der Waals surface area (Å²) in [6.45, 7) is 0. The van der Waals surface area contributed by atoms with Gasteiger partial charge in [-0.25, -0.2) is 9.69 Å². The fourth-order valence-electron chi connectivity index (χ4n) is 8.54. The lowest BCUT2D eigenvalue weighted by atomic mass is 9.49. The Hall–Kier alpha value is -5.16. The van der Waals surface area contributed by atoms with E-state index in [9.17, 15) is 24.3 Å². The number of ether oxygens (including phenoxy) is 3. The Labute approximate surface area is 280 Å². The third-order valence-corrected chi connectivity index (χ3v) is 10.6. The summed E-state index contributed by atoms with van der Waals surface area (Å²) in [7, 11) is 3.93. The molecule has 3 fully saturated rings. The number of allylic oxidation sites excluding steroid dienone is 2. The van der Waals surface area contributed by atoms with Crippen LogP contribution in [0.5, 0.6) is 17.2 Å². The predicted octanol–water partition coefficient (Wildman–Crippen LogP) is 4.99. The average molecular weight is 671 g/mol. The van der Waals surface area contributed by atoms with Crippen molar-refractivity contribution in [3.8, 4) is 17.2 Å². The monoisotopic (exact) mass is 670 g/mol. The van der Waals surface area contributed by atoms with Crippen molar-refractivity contribution in [2.45, 2.75) is 24.2 Å². The van der Waals surface area contributed by atoms with Gasteiger partial charge in [0.25, 0.3) is 0 Å². The lowest BCUT2D eigenvalue weighted by Crippen LogP contribution is -2.53. The van der Waals surface area contributed by atoms with Gasteiger partial charge in [0.1, 0.15) is 17.2 Å². The number of hydrogen-bond donors (Lipinski definition) is 1. The number of imide groups is 4. The van der Waals surface area contributed by atoms with Crippen molar-refractivity contribution in [3.63, 3.8) is 0 Å². The van der Waals surface area contributed by atoms with Crippen LogP contribution in [0.4, 0.5) is 10.5 Å². The van der Waals surface area contributed by atoms with Crippen LogP contribution in [-0.4, -0.2) is 61.1 Å². The zero-order valence-corrected chi connectivity index (χ0v) is 27.0. The Balaban J connectivity index is 1.55. The van der Waals surface area contributed by atoms with E-state index in [0.29, 0.717) is 26.6 Å². The third-order valence-electron chi connectivity index (χ3n) is 10.3. The highest BCUT2D eigenvalue weighted by atomic mass is 35.5. The molecule has 0 aromatic heterocycles. The zero-order chi connectivity index (χ0) is 34.1. The Morgan fingerprint density at radius 1 is 0.875 bits per heavy atom. The van der Waals surface area contributed by atoms with Crippen molar-refractivity contribution in [1.29, 1.82) is 0 Å². The SMILES string of the molecule is COC(=O)N1C(=O)C2CC=C3C(CC4C(=O)N(c5cccc(Cl)c5)C(=O)C4(c4ccccc4)C3c3c(OC)cc(O)cc3OC)C2C1=O. The maximum atomic E-state index is 15.3. The number of fused-ring (bicyclic) bond motifs is 4. The van der Waals surface area contributed by atoms with Crippen LogP contribution in [0.15, 0.2) is 78.4 Å². The largest absolute Gasteiger partial charge is 0.508 e. The number of methoxy groups -OCH3 is 3. The zero-order valence-electron chi connectivity index (χ0n) is 26.2. The van der Waals surface area contributed by atoms with Gasteiger partial charge in [-0.15, -0.1) is 0 Å². The first-order valence-electron chi connectivity index (χ1n) is 15.4. The number of carbonyl (C=O) groups is 5. The van der Waals surface area contributed by atoms with Gasteiger partial charge in [0.05, 0.1) is 50.2 Å². The second kappa shape index (κ2) is 11.5. The molecule has 3 aromatic rings. The van der Waals surface area contributed by atoms with Gasteiger partial charge in [-0.05, 0) is 42.5 Å². The smallest absolute Gasteiger partial charge is 0.423 e. The Morgan fingerprint density at radius 3 is 2.19 bits per heavy atom. The summed E-state index contributed by atoms with van der Waals surface area (Å²) in [5, 5.41) is 11.0. The molecular weight excluding hydrogens is 640 g/mol. The molecule has 2 heterocycles. The van der Waals surface area contributed by atoms with Crippen molar-refractivity contribution in [2.24, 2.45) is 23.7 Å². The third kappa shape index (κ3) is 4.23. The van der Waals surface area contributed by atoms with Crippen molar-refractivity contribution < 1.29 is 43.3 Å². The lowest BCUT2D eigenvalue weighted by Gasteiger charge is -2.51. The standard InChI is InChI=1S/C36H31ClN2O9/c1-46-26-15-21(40)16-27(47-2)29(26)30-22-12-13-23-28(33(43)39(31(23)41)35(45)48-3)24(22)17-25-32(42)38(20-11-7-10-19(37)14-20)34(44)36(25,30)18-8-5-4-6-9-18/h4-12,14-16,23-25,28,30,40H,13,17H2,1-3H3. The Kier molecular flexibility index (Phi) is 7.54. The van der Waals surface area contributed by atoms with E-state index in [4.69, 9.17) is 25.8 Å². The second-order valence-corrected chi connectivity index (χ2v) is 12.8. The minimum Gasteiger partial charge on any atom is -0.508 e. The molecule has 6 atom stereocenters. The molecule has 3 aromatic carbocycles. The summed E-state index contributed by atoms with van der Waals surface area (Å²) in [4.78, 5) is 71.9. The molecule has 4 aliphatic rings. The van der Waals surface area contributed by atoms with Gasteiger partial charge in [0.15, 0.2) is 0 Å². The number of amides is 5. The van der Waals surface area contributed by atoms with E-state index in [2.05, 4.69) is 0 Å². The van der Waals surface area contributed by atoms with E-state index in [1.807, 2.05) is 12.1 Å². The summed E-state index contributed by atoms with van der Waals surface area (Å²) in [6, 6.07) is 18.2. The molecule has 0 radical (unpaired) electrons. The van der Waals surface area contributed by atoms with Crippen LogP contribution in [0.2, 0.25) is 5.02 Å². The van der Waals surface area contributed by atoms with Gasteiger partial charge in [-0.1, -0.05) is 59.6 Å². The number of phenols is 1. The van der Waals surface area contributed by atoms with Crippen molar-refractivity contribution >= 4 is 47.0 Å². The fourth-order valence-corrected chi connectivity index (χ4v) is 8.72. The Morgan fingerprint density at radius 2 is 1.56 bits per heavy atom. The van der Waals surface area contributed by atoms with Crippen molar-refractivity contribution in [3.05, 3.63) is 94.5 Å². The molecule has 7 rings (SSSR count). The van der Waals surface area contributed by atoms with Gasteiger partial charge in [-0.3, -0.25) is 19.2 Å². The van der Waals surface area contributed by atoms with Crippen LogP contribution in [0, 0.1) is 23.7 Å². The maximum absolute atomic E-state index is 15.3. The van der Waals surface area contributed by atoms with E-state index in [-0.39, 0.29) is 35.8 Å². The van der Waals surface area contributed by atoms with E-state index in [0.717, 1.165) is 12.0 Å². The van der Waals surface area contributed by atoms with Crippen molar-refractivity contribution in [2.75, 3.05) is 26.2 Å². The molecule has 48 heavy (non-hydrogen) atoms. The minimum atomic E-state index is -1.60. The highest BCUT2D eigenvalue weighted by molar-refractivity contribution is 6.32. The highest BCUT2D eigenvalue weighted by Crippen LogP contribution is 2.66. The number of phenolic OH excluding ortho intramolecular Hbond substituents is 1. The van der Waals surface area contributed by atoms with Gasteiger partial charge < -0.3 is 19.3 Å². The predicted molar refractivity (Wildman–Crippen MR) is 172 cm³/mol. The molecule has 2 aliphatic heterocycles. The summed E-state index contributed by atoms with van der Waals surface area (Å²) < 4.78 is 16.4. The molecule has 2 aliphatic carbocycles. The number of carbonyl (C=O) groups excluding carboxylic acids is 5. The molecule has 5 amide bonds. The molecule has 0 spiro atoms. The van der Waals surface area contributed by atoms with Gasteiger partial charge in [-0.2, -0.15) is 4.90 Å². The van der Waals surface area contributed by atoms with Crippen LogP contribution >= 0.6 is 11.6 Å². The first-order chi connectivity index (χ1) is 23.1. The van der Waals surface area contributed by atoms with Crippen LogP contribution in [-0.2, 0) is 29.3 Å². The number of aromatic hydroxyl groups is 1. The van der Waals surface area contributed by atoms with E-state index in [1.54, 1.807) is 48.5 Å². The van der Waals surface area contributed by atoms with Crippen LogP contribution in [0.25, 0.3) is 0 Å². The molecular formula is C36H31ClN2O9.